The van der Waals surface area contributed by atoms with E-state index in [0.717, 1.165) is 12.1 Å². The van der Waals surface area contributed by atoms with Gasteiger partial charge in [0.2, 0.25) is 0 Å². The molecular formula is C3H3N3O. The summed E-state index contributed by atoms with van der Waals surface area (Å²) in [5.41, 5.74) is 2.24. The lowest BCUT2D eigenvalue weighted by atomic mass is 10.3. The number of aliphatic hydroxyl groups is 1. The molecule has 0 bridgehead atoms. The molecule has 0 aliphatic carbocycles. The summed E-state index contributed by atoms with van der Waals surface area (Å²) in [5, 5.41) is 23.7. The lowest BCUT2D eigenvalue weighted by Gasteiger charge is -1.97. The van der Waals surface area contributed by atoms with Crippen molar-refractivity contribution >= 4 is 0 Å². The number of hydrogen-bond donors (Lipinski definition) is 2. The van der Waals surface area contributed by atoms with E-state index in [1.807, 2.05) is 0 Å². The van der Waals surface area contributed by atoms with Crippen LogP contribution >= 0.6 is 0 Å². The van der Waals surface area contributed by atoms with E-state index in [1.54, 1.807) is 0 Å². The maximum atomic E-state index is 8.19. The fourth-order valence-corrected chi connectivity index (χ4v) is 0.0250. The van der Waals surface area contributed by atoms with E-state index < -0.39 is 5.72 Å². The Bertz CT molecular complexity index is 121. The van der Waals surface area contributed by atoms with Crippen LogP contribution in [0.1, 0.15) is 0 Å². The van der Waals surface area contributed by atoms with Gasteiger partial charge in [-0.05, 0) is 0 Å². The fraction of sp³-hybridized carbons (Fsp3) is 0.333. The Kier molecular flexibility index (Phi) is 1.32. The molecule has 0 aliphatic rings. The van der Waals surface area contributed by atoms with Crippen LogP contribution in [0.25, 0.3) is 0 Å². The molecule has 0 spiro atoms. The maximum absolute atomic E-state index is 8.19. The second-order valence-corrected chi connectivity index (χ2v) is 0.990. The topological polar surface area (TPSA) is 93.8 Å². The van der Waals surface area contributed by atoms with E-state index in [4.69, 9.17) is 15.6 Å². The molecule has 0 atom stereocenters. The van der Waals surface area contributed by atoms with Crippen LogP contribution in [0.4, 0.5) is 0 Å². The largest absolute Gasteiger partial charge is 0.352 e. The standard InChI is InChI=1S/C3H3N3O/c4-1-3(6,7)2-5/h7H,6H2. The van der Waals surface area contributed by atoms with Crippen molar-refractivity contribution in [2.45, 2.75) is 5.72 Å². The van der Waals surface area contributed by atoms with Crippen molar-refractivity contribution in [2.75, 3.05) is 0 Å². The molecule has 0 fully saturated rings. The molecule has 36 valence electrons. The Morgan fingerprint density at radius 3 is 1.71 bits per heavy atom. The van der Waals surface area contributed by atoms with Gasteiger partial charge in [0.25, 0.3) is 5.72 Å². The molecule has 3 N–H and O–H groups in total. The number of nitriles is 2. The molecule has 0 amide bonds. The first-order chi connectivity index (χ1) is 3.12. The summed E-state index contributed by atoms with van der Waals surface area (Å²) >= 11 is 0. The first kappa shape index (κ1) is 5.90. The Hall–Kier alpha value is -1.10. The van der Waals surface area contributed by atoms with Crippen molar-refractivity contribution in [3.8, 4) is 12.1 Å². The summed E-state index contributed by atoms with van der Waals surface area (Å²) in [5.74, 6) is 0. The molecule has 0 aliphatic heterocycles. The monoisotopic (exact) mass is 97.0 g/mol. The Labute approximate surface area is 40.4 Å². The summed E-state index contributed by atoms with van der Waals surface area (Å²) in [7, 11) is 0. The zero-order valence-electron chi connectivity index (χ0n) is 3.42. The summed E-state index contributed by atoms with van der Waals surface area (Å²) in [6.45, 7) is 0. The van der Waals surface area contributed by atoms with Crippen molar-refractivity contribution in [3.63, 3.8) is 0 Å². The van der Waals surface area contributed by atoms with Crippen LogP contribution < -0.4 is 5.73 Å². The molecule has 0 heterocycles. The molecular weight excluding hydrogens is 94.1 g/mol. The molecule has 0 aromatic heterocycles. The molecule has 0 saturated heterocycles. The van der Waals surface area contributed by atoms with Crippen LogP contribution in [0.2, 0.25) is 0 Å². The van der Waals surface area contributed by atoms with E-state index >= 15 is 0 Å². The lowest BCUT2D eigenvalue weighted by Crippen LogP contribution is -2.35. The van der Waals surface area contributed by atoms with E-state index in [9.17, 15) is 0 Å². The van der Waals surface area contributed by atoms with Crippen molar-refractivity contribution in [2.24, 2.45) is 5.73 Å². The van der Waals surface area contributed by atoms with Crippen LogP contribution in [-0.4, -0.2) is 10.8 Å². The normalized spacial score (nSPS) is 9.14. The summed E-state index contributed by atoms with van der Waals surface area (Å²) in [6, 6.07) is 2.33. The molecule has 0 saturated carbocycles. The number of nitrogens with zero attached hydrogens (tertiary/aromatic N) is 2. The predicted octanol–water partition coefficient (Wildman–Crippen LogP) is -1.32. The van der Waals surface area contributed by atoms with Crippen molar-refractivity contribution in [1.29, 1.82) is 10.5 Å². The highest BCUT2D eigenvalue weighted by Crippen LogP contribution is 1.83. The first-order valence-electron chi connectivity index (χ1n) is 1.46. The van der Waals surface area contributed by atoms with Gasteiger partial charge in [0.15, 0.2) is 0 Å². The molecule has 4 heteroatoms. The van der Waals surface area contributed by atoms with Gasteiger partial charge in [-0.15, -0.1) is 0 Å². The molecule has 0 radical (unpaired) electrons. The van der Waals surface area contributed by atoms with Crippen molar-refractivity contribution in [1.82, 2.24) is 0 Å². The van der Waals surface area contributed by atoms with Gasteiger partial charge in [-0.1, -0.05) is 0 Å². The second kappa shape index (κ2) is 1.57. The van der Waals surface area contributed by atoms with Crippen LogP contribution in [0.3, 0.4) is 0 Å². The number of rotatable bonds is 0. The molecule has 0 unspecified atom stereocenters. The highest BCUT2D eigenvalue weighted by atomic mass is 16.3. The average molecular weight is 97.1 g/mol. The van der Waals surface area contributed by atoms with Gasteiger partial charge in [0, 0.05) is 0 Å². The van der Waals surface area contributed by atoms with Gasteiger partial charge in [-0.3, -0.25) is 5.73 Å². The van der Waals surface area contributed by atoms with Gasteiger partial charge >= 0.3 is 0 Å². The Balaban J connectivity index is 4.00. The number of nitrogens with two attached hydrogens (primary N) is 1. The zero-order chi connectivity index (χ0) is 5.91. The van der Waals surface area contributed by atoms with Crippen molar-refractivity contribution in [3.05, 3.63) is 0 Å². The molecule has 4 nitrogen and oxygen atoms in total. The quantitative estimate of drug-likeness (QED) is 0.289. The summed E-state index contributed by atoms with van der Waals surface area (Å²) < 4.78 is 0. The molecule has 0 rings (SSSR count). The van der Waals surface area contributed by atoms with Gasteiger partial charge in [0.1, 0.15) is 12.1 Å². The first-order valence-corrected chi connectivity index (χ1v) is 1.46. The Morgan fingerprint density at radius 1 is 1.43 bits per heavy atom. The highest BCUT2D eigenvalue weighted by molar-refractivity contribution is 5.11. The van der Waals surface area contributed by atoms with E-state index in [-0.39, 0.29) is 0 Å². The smallest absolute Gasteiger partial charge is 0.293 e. The highest BCUT2D eigenvalue weighted by Gasteiger charge is 2.16. The minimum Gasteiger partial charge on any atom is -0.352 e. The SMILES string of the molecule is N#CC(N)(O)C#N. The fourth-order valence-electron chi connectivity index (χ4n) is 0.0250. The predicted molar refractivity (Wildman–Crippen MR) is 20.4 cm³/mol. The molecule has 0 aromatic rings. The van der Waals surface area contributed by atoms with Crippen LogP contribution in [0.5, 0.6) is 0 Å². The maximum Gasteiger partial charge on any atom is 0.293 e. The minimum atomic E-state index is -2.31. The molecule has 7 heavy (non-hydrogen) atoms. The third kappa shape index (κ3) is 1.72. The van der Waals surface area contributed by atoms with Crippen molar-refractivity contribution < 1.29 is 5.11 Å². The van der Waals surface area contributed by atoms with Crippen LogP contribution in [-0.2, 0) is 0 Å². The summed E-state index contributed by atoms with van der Waals surface area (Å²) in [4.78, 5) is 0. The minimum absolute atomic E-state index is 1.16. The molecule has 0 aromatic carbocycles. The summed E-state index contributed by atoms with van der Waals surface area (Å²) in [6.07, 6.45) is 0. The average Bonchev–Trinajstić information content (AvgIpc) is 1.68. The van der Waals surface area contributed by atoms with E-state index in [1.165, 1.54) is 0 Å². The van der Waals surface area contributed by atoms with E-state index in [0.29, 0.717) is 0 Å². The van der Waals surface area contributed by atoms with Gasteiger partial charge in [-0.25, -0.2) is 0 Å². The second-order valence-electron chi connectivity index (χ2n) is 0.990. The van der Waals surface area contributed by atoms with Gasteiger partial charge in [0.05, 0.1) is 0 Å². The van der Waals surface area contributed by atoms with Gasteiger partial charge < -0.3 is 5.11 Å². The van der Waals surface area contributed by atoms with Crippen LogP contribution in [0, 0.1) is 22.7 Å². The Morgan fingerprint density at radius 2 is 1.71 bits per heavy atom. The third-order valence-corrected chi connectivity index (χ3v) is 0.341. The number of hydrogen-bond acceptors (Lipinski definition) is 4. The third-order valence-electron chi connectivity index (χ3n) is 0.341. The van der Waals surface area contributed by atoms with Gasteiger partial charge in [-0.2, -0.15) is 10.5 Å². The van der Waals surface area contributed by atoms with Crippen LogP contribution in [0.15, 0.2) is 0 Å². The zero-order valence-corrected chi connectivity index (χ0v) is 3.42. The lowest BCUT2D eigenvalue weighted by molar-refractivity contribution is 0.166. The van der Waals surface area contributed by atoms with E-state index in [2.05, 4.69) is 5.73 Å².